The molecule has 2 amide bonds. The molecule has 0 aliphatic rings. The molecule has 1 aromatic heterocycles. The van der Waals surface area contributed by atoms with Crippen LogP contribution in [0.2, 0.25) is 0 Å². The zero-order valence-corrected chi connectivity index (χ0v) is 11.6. The molecule has 1 heterocycles. The van der Waals surface area contributed by atoms with Crippen molar-refractivity contribution in [3.63, 3.8) is 0 Å². The van der Waals surface area contributed by atoms with Crippen LogP contribution in [0.4, 0.5) is 14.9 Å². The van der Waals surface area contributed by atoms with Crippen molar-refractivity contribution in [1.29, 1.82) is 0 Å². The van der Waals surface area contributed by atoms with Gasteiger partial charge in [0.1, 0.15) is 5.82 Å². The summed E-state index contributed by atoms with van der Waals surface area (Å²) < 4.78 is 14.2. The van der Waals surface area contributed by atoms with Crippen LogP contribution in [0.15, 0.2) is 40.2 Å². The molecule has 6 heteroatoms. The molecule has 0 aliphatic heterocycles. The minimum atomic E-state index is -0.454. The Morgan fingerprint density at radius 1 is 1.33 bits per heavy atom. The van der Waals surface area contributed by atoms with Gasteiger partial charge in [-0.2, -0.15) is 0 Å². The molecule has 2 aromatic rings. The van der Waals surface area contributed by atoms with Crippen molar-refractivity contribution in [2.45, 2.75) is 6.54 Å². The summed E-state index contributed by atoms with van der Waals surface area (Å²) in [5.41, 5.74) is 0.167. The predicted octanol–water partition coefficient (Wildman–Crippen LogP) is 3.97. The summed E-state index contributed by atoms with van der Waals surface area (Å²) in [5, 5.41) is 7.05. The standard InChI is InChI=1S/C12H10BrFN2OS/c13-8-5-6-18-11(8)7-15-12(17)16-10-4-2-1-3-9(10)14/h1-6H,7H2,(H2,15,16,17). The normalized spacial score (nSPS) is 10.1. The molecule has 94 valence electrons. The van der Waals surface area contributed by atoms with Crippen LogP contribution in [0.1, 0.15) is 4.88 Å². The smallest absolute Gasteiger partial charge is 0.319 e. The first-order valence-corrected chi connectivity index (χ1v) is 6.85. The number of anilines is 1. The predicted molar refractivity (Wildman–Crippen MR) is 74.3 cm³/mol. The Morgan fingerprint density at radius 3 is 2.78 bits per heavy atom. The highest BCUT2D eigenvalue weighted by atomic mass is 79.9. The van der Waals surface area contributed by atoms with Gasteiger partial charge in [0.2, 0.25) is 0 Å². The van der Waals surface area contributed by atoms with Gasteiger partial charge in [-0.3, -0.25) is 0 Å². The summed E-state index contributed by atoms with van der Waals surface area (Å²) in [5.74, 6) is -0.454. The molecule has 3 nitrogen and oxygen atoms in total. The van der Waals surface area contributed by atoms with Crippen LogP contribution in [0.25, 0.3) is 0 Å². The Morgan fingerprint density at radius 2 is 2.11 bits per heavy atom. The molecule has 0 atom stereocenters. The second kappa shape index (κ2) is 5.97. The lowest BCUT2D eigenvalue weighted by Crippen LogP contribution is -2.28. The Balaban J connectivity index is 1.90. The van der Waals surface area contributed by atoms with Gasteiger partial charge in [0.05, 0.1) is 12.2 Å². The van der Waals surface area contributed by atoms with Gasteiger partial charge in [-0.15, -0.1) is 11.3 Å². The van der Waals surface area contributed by atoms with Gasteiger partial charge in [-0.05, 0) is 39.5 Å². The Hall–Kier alpha value is -1.40. The summed E-state index contributed by atoms with van der Waals surface area (Å²) in [6, 6.07) is 7.52. The van der Waals surface area contributed by atoms with Crippen molar-refractivity contribution in [2.75, 3.05) is 5.32 Å². The number of thiophene rings is 1. The highest BCUT2D eigenvalue weighted by Crippen LogP contribution is 2.22. The summed E-state index contributed by atoms with van der Waals surface area (Å²) in [6.45, 7) is 0.401. The van der Waals surface area contributed by atoms with E-state index < -0.39 is 11.8 Å². The van der Waals surface area contributed by atoms with Crippen molar-refractivity contribution in [1.82, 2.24) is 5.32 Å². The summed E-state index contributed by atoms with van der Waals surface area (Å²) in [6.07, 6.45) is 0. The Kier molecular flexibility index (Phi) is 4.33. The maximum absolute atomic E-state index is 13.3. The molecular formula is C12H10BrFN2OS. The number of urea groups is 1. The van der Waals surface area contributed by atoms with E-state index in [2.05, 4.69) is 26.6 Å². The molecule has 1 aromatic carbocycles. The number of hydrogen-bond acceptors (Lipinski definition) is 2. The van der Waals surface area contributed by atoms with Crippen LogP contribution in [-0.4, -0.2) is 6.03 Å². The number of halogens is 2. The number of para-hydroxylation sites is 1. The monoisotopic (exact) mass is 328 g/mol. The lowest BCUT2D eigenvalue weighted by atomic mass is 10.3. The molecule has 2 rings (SSSR count). The molecule has 0 bridgehead atoms. The van der Waals surface area contributed by atoms with E-state index in [1.807, 2.05) is 11.4 Å². The number of benzene rings is 1. The van der Waals surface area contributed by atoms with Crippen LogP contribution >= 0.6 is 27.3 Å². The fourth-order valence-corrected chi connectivity index (χ4v) is 2.77. The van der Waals surface area contributed by atoms with E-state index in [4.69, 9.17) is 0 Å². The zero-order valence-electron chi connectivity index (χ0n) is 9.24. The SMILES string of the molecule is O=C(NCc1sccc1Br)Nc1ccccc1F. The average Bonchev–Trinajstić information content (AvgIpc) is 2.75. The third kappa shape index (κ3) is 3.30. The lowest BCUT2D eigenvalue weighted by molar-refractivity contribution is 0.251. The van der Waals surface area contributed by atoms with Crippen LogP contribution in [-0.2, 0) is 6.54 Å². The number of hydrogen-bond donors (Lipinski definition) is 2. The van der Waals surface area contributed by atoms with Gasteiger partial charge in [-0.1, -0.05) is 12.1 Å². The van der Waals surface area contributed by atoms with Crippen LogP contribution in [0.3, 0.4) is 0 Å². The number of carbonyl (C=O) groups excluding carboxylic acids is 1. The van der Waals surface area contributed by atoms with Crippen molar-refractivity contribution >= 4 is 39.0 Å². The van der Waals surface area contributed by atoms with Gasteiger partial charge in [0, 0.05) is 9.35 Å². The number of amides is 2. The van der Waals surface area contributed by atoms with E-state index in [0.29, 0.717) is 6.54 Å². The molecule has 0 fully saturated rings. The lowest BCUT2D eigenvalue weighted by Gasteiger charge is -2.07. The van der Waals surface area contributed by atoms with Gasteiger partial charge in [0.15, 0.2) is 0 Å². The molecular weight excluding hydrogens is 319 g/mol. The van der Waals surface area contributed by atoms with Gasteiger partial charge in [0.25, 0.3) is 0 Å². The molecule has 2 N–H and O–H groups in total. The topological polar surface area (TPSA) is 41.1 Å². The van der Waals surface area contributed by atoms with Crippen LogP contribution in [0, 0.1) is 5.82 Å². The van der Waals surface area contributed by atoms with Crippen LogP contribution in [0.5, 0.6) is 0 Å². The van der Waals surface area contributed by atoms with Crippen molar-refractivity contribution in [3.05, 3.63) is 50.9 Å². The van der Waals surface area contributed by atoms with Crippen LogP contribution < -0.4 is 10.6 Å². The summed E-state index contributed by atoms with van der Waals surface area (Å²) >= 11 is 4.91. The van der Waals surface area contributed by atoms with Crippen molar-refractivity contribution < 1.29 is 9.18 Å². The first-order valence-electron chi connectivity index (χ1n) is 5.18. The minimum absolute atomic E-state index is 0.167. The van der Waals surface area contributed by atoms with E-state index in [0.717, 1.165) is 9.35 Å². The first-order chi connectivity index (χ1) is 8.66. The molecule has 0 spiro atoms. The fourth-order valence-electron chi connectivity index (χ4n) is 1.34. The van der Waals surface area contributed by atoms with E-state index in [1.165, 1.54) is 23.5 Å². The van der Waals surface area contributed by atoms with E-state index in [9.17, 15) is 9.18 Å². The molecule has 0 aliphatic carbocycles. The summed E-state index contributed by atoms with van der Waals surface area (Å²) in [7, 11) is 0. The average molecular weight is 329 g/mol. The number of rotatable bonds is 3. The third-order valence-corrected chi connectivity index (χ3v) is 4.15. The highest BCUT2D eigenvalue weighted by Gasteiger charge is 2.07. The maximum Gasteiger partial charge on any atom is 0.319 e. The second-order valence-corrected chi connectivity index (χ2v) is 5.33. The number of nitrogens with one attached hydrogen (secondary N) is 2. The quantitative estimate of drug-likeness (QED) is 0.879. The Labute approximate surface area is 116 Å². The molecule has 0 saturated carbocycles. The van der Waals surface area contributed by atoms with Crippen molar-refractivity contribution in [3.8, 4) is 0 Å². The molecule has 0 unspecified atom stereocenters. The van der Waals surface area contributed by atoms with E-state index in [-0.39, 0.29) is 5.69 Å². The van der Waals surface area contributed by atoms with E-state index in [1.54, 1.807) is 12.1 Å². The zero-order chi connectivity index (χ0) is 13.0. The first kappa shape index (κ1) is 13.0. The minimum Gasteiger partial charge on any atom is -0.333 e. The van der Waals surface area contributed by atoms with Gasteiger partial charge in [-0.25, -0.2) is 9.18 Å². The molecule has 0 radical (unpaired) electrons. The second-order valence-electron chi connectivity index (χ2n) is 3.48. The van der Waals surface area contributed by atoms with Crippen molar-refractivity contribution in [2.24, 2.45) is 0 Å². The largest absolute Gasteiger partial charge is 0.333 e. The third-order valence-electron chi connectivity index (χ3n) is 2.22. The van der Waals surface area contributed by atoms with E-state index >= 15 is 0 Å². The number of carbonyl (C=O) groups is 1. The summed E-state index contributed by atoms with van der Waals surface area (Å²) in [4.78, 5) is 12.6. The molecule has 18 heavy (non-hydrogen) atoms. The van der Waals surface area contributed by atoms with Gasteiger partial charge < -0.3 is 10.6 Å². The van der Waals surface area contributed by atoms with Gasteiger partial charge >= 0.3 is 6.03 Å². The highest BCUT2D eigenvalue weighted by molar-refractivity contribution is 9.10. The Bertz CT molecular complexity index is 559. The fraction of sp³-hybridized carbons (Fsp3) is 0.0833. The molecule has 0 saturated heterocycles. The maximum atomic E-state index is 13.3.